The normalized spacial score (nSPS) is 16.1. The fourth-order valence-corrected chi connectivity index (χ4v) is 5.62. The minimum absolute atomic E-state index is 0.00462. The van der Waals surface area contributed by atoms with Crippen molar-refractivity contribution in [3.05, 3.63) is 72.3 Å². The summed E-state index contributed by atoms with van der Waals surface area (Å²) < 4.78 is 0. The molecule has 4 rings (SSSR count). The third-order valence-electron chi connectivity index (χ3n) is 6.40. The molecule has 194 valence electrons. The third-order valence-corrected chi connectivity index (χ3v) is 7.56. The van der Waals surface area contributed by atoms with E-state index in [4.69, 9.17) is 5.73 Å². The van der Waals surface area contributed by atoms with E-state index in [-0.39, 0.29) is 35.9 Å². The molecule has 0 radical (unpaired) electrons. The standard InChI is InChI=1S/C29H34N4O3S/c1-20-17-28(35)33(25-9-4-5-10-26(25)37-20)16-13-27(34)32-24(29(36)31-15-6-14-30)19-21-11-12-22-7-2-3-8-23(22)18-21/h2-5,7-12,18,20,24H,6,13-17,19,30H2,1H3,(H,31,36)(H,32,34). The molecule has 2 atom stereocenters. The number of fused-ring (bicyclic) bond motifs is 2. The number of para-hydroxylation sites is 1. The first-order valence-electron chi connectivity index (χ1n) is 12.8. The van der Waals surface area contributed by atoms with Gasteiger partial charge in [0.1, 0.15) is 6.04 Å². The Morgan fingerprint density at radius 3 is 2.65 bits per heavy atom. The molecule has 0 fully saturated rings. The largest absolute Gasteiger partial charge is 0.354 e. The highest BCUT2D eigenvalue weighted by molar-refractivity contribution is 8.00. The number of carbonyl (C=O) groups is 3. The zero-order valence-corrected chi connectivity index (χ0v) is 21.9. The second-order valence-electron chi connectivity index (χ2n) is 9.33. The van der Waals surface area contributed by atoms with Crippen molar-refractivity contribution in [3.63, 3.8) is 0 Å². The van der Waals surface area contributed by atoms with Crippen LogP contribution in [0.4, 0.5) is 5.69 Å². The highest BCUT2D eigenvalue weighted by Gasteiger charge is 2.27. The highest BCUT2D eigenvalue weighted by Crippen LogP contribution is 2.37. The molecule has 1 aliphatic rings. The molecule has 1 heterocycles. The lowest BCUT2D eigenvalue weighted by Gasteiger charge is -2.23. The van der Waals surface area contributed by atoms with E-state index in [1.807, 2.05) is 73.7 Å². The van der Waals surface area contributed by atoms with Gasteiger partial charge in [0.2, 0.25) is 17.7 Å². The van der Waals surface area contributed by atoms with E-state index in [0.717, 1.165) is 26.9 Å². The summed E-state index contributed by atoms with van der Waals surface area (Å²) in [5.41, 5.74) is 7.36. The van der Waals surface area contributed by atoms with Gasteiger partial charge in [-0.15, -0.1) is 11.8 Å². The fourth-order valence-electron chi connectivity index (χ4n) is 4.50. The zero-order chi connectivity index (χ0) is 26.2. The highest BCUT2D eigenvalue weighted by atomic mass is 32.2. The summed E-state index contributed by atoms with van der Waals surface area (Å²) in [5, 5.41) is 8.17. The van der Waals surface area contributed by atoms with Crippen molar-refractivity contribution >= 4 is 45.9 Å². The van der Waals surface area contributed by atoms with Gasteiger partial charge in [-0.3, -0.25) is 14.4 Å². The predicted molar refractivity (Wildman–Crippen MR) is 150 cm³/mol. The van der Waals surface area contributed by atoms with Gasteiger partial charge in [-0.05, 0) is 41.4 Å². The Bertz CT molecular complexity index is 1260. The van der Waals surface area contributed by atoms with Crippen LogP contribution in [0.5, 0.6) is 0 Å². The number of rotatable bonds is 10. The summed E-state index contributed by atoms with van der Waals surface area (Å²) in [7, 11) is 0. The first-order valence-corrected chi connectivity index (χ1v) is 13.6. The fraction of sp³-hybridized carbons (Fsp3) is 0.345. The summed E-state index contributed by atoms with van der Waals surface area (Å²) in [6.07, 6.45) is 1.54. The Morgan fingerprint density at radius 2 is 1.84 bits per heavy atom. The van der Waals surface area contributed by atoms with Gasteiger partial charge in [0.25, 0.3) is 0 Å². The molecule has 8 heteroatoms. The number of benzene rings is 3. The SMILES string of the molecule is CC1CC(=O)N(CCC(=O)NC(Cc2ccc3ccccc3c2)C(=O)NCCCN)c2ccccc2S1. The van der Waals surface area contributed by atoms with Crippen LogP contribution in [-0.4, -0.2) is 48.6 Å². The van der Waals surface area contributed by atoms with Crippen LogP contribution in [0, 0.1) is 0 Å². The van der Waals surface area contributed by atoms with Gasteiger partial charge in [-0.1, -0.05) is 61.5 Å². The Hall–Kier alpha value is -3.36. The Kier molecular flexibility index (Phi) is 9.19. The Morgan fingerprint density at radius 1 is 1.08 bits per heavy atom. The first-order chi connectivity index (χ1) is 17.9. The van der Waals surface area contributed by atoms with Crippen molar-refractivity contribution < 1.29 is 14.4 Å². The molecular formula is C29H34N4O3S. The Balaban J connectivity index is 1.45. The van der Waals surface area contributed by atoms with Crippen LogP contribution in [0.25, 0.3) is 10.8 Å². The van der Waals surface area contributed by atoms with Gasteiger partial charge >= 0.3 is 0 Å². The van der Waals surface area contributed by atoms with Gasteiger partial charge in [0, 0.05) is 42.5 Å². The molecule has 0 saturated heterocycles. The lowest BCUT2D eigenvalue weighted by Crippen LogP contribution is -2.49. The molecule has 7 nitrogen and oxygen atoms in total. The van der Waals surface area contributed by atoms with Gasteiger partial charge < -0.3 is 21.3 Å². The van der Waals surface area contributed by atoms with Gasteiger partial charge in [-0.25, -0.2) is 0 Å². The number of nitrogens with two attached hydrogens (primary N) is 1. The monoisotopic (exact) mass is 518 g/mol. The van der Waals surface area contributed by atoms with E-state index in [1.165, 1.54) is 0 Å². The number of carbonyl (C=O) groups excluding carboxylic acids is 3. The van der Waals surface area contributed by atoms with Crippen molar-refractivity contribution in [2.45, 2.75) is 48.8 Å². The van der Waals surface area contributed by atoms with E-state index in [9.17, 15) is 14.4 Å². The number of anilines is 1. The van der Waals surface area contributed by atoms with Crippen LogP contribution < -0.4 is 21.3 Å². The molecule has 0 spiro atoms. The van der Waals surface area contributed by atoms with Crippen LogP contribution in [0.15, 0.2) is 71.6 Å². The molecule has 4 N–H and O–H groups in total. The maximum atomic E-state index is 13.0. The van der Waals surface area contributed by atoms with Crippen LogP contribution in [0.1, 0.15) is 31.7 Å². The first kappa shape index (κ1) is 26.7. The summed E-state index contributed by atoms with van der Waals surface area (Å²) in [6, 6.07) is 21.2. The zero-order valence-electron chi connectivity index (χ0n) is 21.1. The van der Waals surface area contributed by atoms with Crippen molar-refractivity contribution in [1.29, 1.82) is 0 Å². The predicted octanol–water partition coefficient (Wildman–Crippen LogP) is 3.64. The third kappa shape index (κ3) is 7.11. The minimum atomic E-state index is -0.728. The lowest BCUT2D eigenvalue weighted by molar-refractivity contribution is -0.129. The molecule has 0 bridgehead atoms. The molecule has 3 amide bonds. The van der Waals surface area contributed by atoms with E-state index >= 15 is 0 Å². The molecule has 0 aliphatic carbocycles. The summed E-state index contributed by atoms with van der Waals surface area (Å²) in [6.45, 7) is 3.22. The van der Waals surface area contributed by atoms with E-state index in [1.54, 1.807) is 16.7 Å². The van der Waals surface area contributed by atoms with Crippen molar-refractivity contribution in [3.8, 4) is 0 Å². The van der Waals surface area contributed by atoms with Crippen LogP contribution >= 0.6 is 11.8 Å². The number of nitrogens with zero attached hydrogens (tertiary/aromatic N) is 1. The molecule has 3 aromatic rings. The average molecular weight is 519 g/mol. The number of thioether (sulfide) groups is 1. The molecule has 0 saturated carbocycles. The second-order valence-corrected chi connectivity index (χ2v) is 10.8. The Labute approximate surface area is 222 Å². The van der Waals surface area contributed by atoms with Gasteiger partial charge in [0.15, 0.2) is 0 Å². The van der Waals surface area contributed by atoms with Crippen molar-refractivity contribution in [2.75, 3.05) is 24.5 Å². The minimum Gasteiger partial charge on any atom is -0.354 e. The molecule has 1 aliphatic heterocycles. The van der Waals surface area contributed by atoms with Gasteiger partial charge in [-0.2, -0.15) is 0 Å². The lowest BCUT2D eigenvalue weighted by atomic mass is 10.0. The topological polar surface area (TPSA) is 105 Å². The smallest absolute Gasteiger partial charge is 0.242 e. The van der Waals surface area contributed by atoms with Crippen LogP contribution in [0.3, 0.4) is 0 Å². The van der Waals surface area contributed by atoms with Crippen LogP contribution in [0.2, 0.25) is 0 Å². The average Bonchev–Trinajstić information content (AvgIpc) is 3.01. The van der Waals surface area contributed by atoms with Crippen molar-refractivity contribution in [1.82, 2.24) is 10.6 Å². The van der Waals surface area contributed by atoms with Gasteiger partial charge in [0.05, 0.1) is 5.69 Å². The summed E-state index contributed by atoms with van der Waals surface area (Å²) in [4.78, 5) is 41.7. The quantitative estimate of drug-likeness (QED) is 0.356. The second kappa shape index (κ2) is 12.7. The number of nitrogens with one attached hydrogen (secondary N) is 2. The number of hydrogen-bond donors (Lipinski definition) is 3. The van der Waals surface area contributed by atoms with E-state index in [0.29, 0.717) is 32.4 Å². The summed E-state index contributed by atoms with van der Waals surface area (Å²) >= 11 is 1.68. The van der Waals surface area contributed by atoms with Crippen molar-refractivity contribution in [2.24, 2.45) is 5.73 Å². The maximum absolute atomic E-state index is 13.0. The maximum Gasteiger partial charge on any atom is 0.242 e. The molecule has 2 unspecified atom stereocenters. The van der Waals surface area contributed by atoms with E-state index < -0.39 is 6.04 Å². The number of amides is 3. The van der Waals surface area contributed by atoms with E-state index in [2.05, 4.69) is 10.6 Å². The molecule has 3 aromatic carbocycles. The number of hydrogen-bond acceptors (Lipinski definition) is 5. The molecular weight excluding hydrogens is 484 g/mol. The molecule has 0 aromatic heterocycles. The summed E-state index contributed by atoms with van der Waals surface area (Å²) in [5.74, 6) is -0.503. The molecule has 37 heavy (non-hydrogen) atoms. The van der Waals surface area contributed by atoms with Crippen LogP contribution in [-0.2, 0) is 20.8 Å².